The Morgan fingerprint density at radius 2 is 1.89 bits per heavy atom. The molecule has 0 bridgehead atoms. The second kappa shape index (κ2) is 6.55. The fraction of sp³-hybridized carbons (Fsp3) is 0.143. The molecule has 0 aliphatic carbocycles. The Labute approximate surface area is 160 Å². The van der Waals surface area contributed by atoms with E-state index >= 15 is 0 Å². The predicted octanol–water partition coefficient (Wildman–Crippen LogP) is 4.91. The first-order valence-corrected chi connectivity index (χ1v) is 9.34. The summed E-state index contributed by atoms with van der Waals surface area (Å²) in [7, 11) is 1.57. The third-order valence-corrected chi connectivity index (χ3v) is 5.80. The van der Waals surface area contributed by atoms with Crippen LogP contribution in [0.15, 0.2) is 42.5 Å². The molecular weight excluding hydrogens is 358 g/mol. The van der Waals surface area contributed by atoms with Crippen molar-refractivity contribution in [3.05, 3.63) is 58.5 Å². The van der Waals surface area contributed by atoms with Gasteiger partial charge in [0.05, 0.1) is 24.0 Å². The van der Waals surface area contributed by atoms with Crippen LogP contribution in [0.3, 0.4) is 0 Å². The third kappa shape index (κ3) is 2.98. The quantitative estimate of drug-likeness (QED) is 0.532. The average molecular weight is 377 g/mol. The molecule has 4 aromatic rings. The number of aromatic nitrogens is 1. The zero-order valence-corrected chi connectivity index (χ0v) is 16.1. The maximum absolute atomic E-state index is 12.8. The largest absolute Gasteiger partial charge is 0.495 e. The van der Waals surface area contributed by atoms with Gasteiger partial charge in [0.2, 0.25) is 0 Å². The molecule has 1 amide bonds. The molecule has 0 saturated carbocycles. The summed E-state index contributed by atoms with van der Waals surface area (Å²) in [6, 6.07) is 13.4. The van der Waals surface area contributed by atoms with Gasteiger partial charge < -0.3 is 15.8 Å². The van der Waals surface area contributed by atoms with Crippen LogP contribution in [0.25, 0.3) is 21.1 Å². The summed E-state index contributed by atoms with van der Waals surface area (Å²) in [5.41, 5.74) is 10.7. The number of nitrogens with zero attached hydrogens (tertiary/aromatic N) is 1. The van der Waals surface area contributed by atoms with Crippen molar-refractivity contribution in [3.8, 4) is 5.75 Å². The first kappa shape index (κ1) is 17.3. The molecule has 0 unspecified atom stereocenters. The van der Waals surface area contributed by atoms with Gasteiger partial charge in [-0.3, -0.25) is 4.79 Å². The molecule has 2 aromatic carbocycles. The highest BCUT2D eigenvalue weighted by Gasteiger charge is 2.19. The number of fused-ring (bicyclic) bond motifs is 2. The zero-order valence-electron chi connectivity index (χ0n) is 15.3. The van der Waals surface area contributed by atoms with E-state index in [4.69, 9.17) is 15.5 Å². The van der Waals surface area contributed by atoms with Gasteiger partial charge in [0, 0.05) is 10.8 Å². The van der Waals surface area contributed by atoms with Crippen LogP contribution in [0.5, 0.6) is 5.75 Å². The minimum absolute atomic E-state index is 0.267. The Kier molecular flexibility index (Phi) is 4.20. The summed E-state index contributed by atoms with van der Waals surface area (Å²) in [6.07, 6.45) is 0. The Balaban J connectivity index is 1.78. The highest BCUT2D eigenvalue weighted by molar-refractivity contribution is 7.21. The van der Waals surface area contributed by atoms with Crippen LogP contribution >= 0.6 is 11.3 Å². The van der Waals surface area contributed by atoms with Crippen molar-refractivity contribution in [1.82, 2.24) is 4.98 Å². The molecule has 0 spiro atoms. The van der Waals surface area contributed by atoms with Crippen molar-refractivity contribution in [3.63, 3.8) is 0 Å². The molecule has 0 aliphatic heterocycles. The minimum Gasteiger partial charge on any atom is -0.495 e. The van der Waals surface area contributed by atoms with Gasteiger partial charge in [0.1, 0.15) is 15.5 Å². The summed E-state index contributed by atoms with van der Waals surface area (Å²) in [5.74, 6) is 0.330. The van der Waals surface area contributed by atoms with Crippen LogP contribution < -0.4 is 15.8 Å². The Bertz CT molecular complexity index is 1200. The van der Waals surface area contributed by atoms with Crippen LogP contribution in [-0.2, 0) is 0 Å². The van der Waals surface area contributed by atoms with E-state index in [-0.39, 0.29) is 5.91 Å². The van der Waals surface area contributed by atoms with E-state index in [0.717, 1.165) is 21.1 Å². The molecule has 2 heterocycles. The summed E-state index contributed by atoms with van der Waals surface area (Å²) in [4.78, 5) is 18.7. The van der Waals surface area contributed by atoms with Gasteiger partial charge in [-0.2, -0.15) is 0 Å². The van der Waals surface area contributed by atoms with Crippen molar-refractivity contribution in [2.45, 2.75) is 13.8 Å². The van der Waals surface area contributed by atoms with Gasteiger partial charge in [0.25, 0.3) is 5.91 Å². The lowest BCUT2D eigenvalue weighted by Crippen LogP contribution is -2.12. The molecule has 2 aromatic heterocycles. The van der Waals surface area contributed by atoms with Gasteiger partial charge in [0.15, 0.2) is 0 Å². The number of anilines is 2. The number of thiophene rings is 1. The normalized spacial score (nSPS) is 11.1. The lowest BCUT2D eigenvalue weighted by molar-refractivity contribution is 0.103. The minimum atomic E-state index is -0.267. The number of nitrogen functional groups attached to an aromatic ring is 1. The Hall–Kier alpha value is -3.12. The molecule has 0 atom stereocenters. The van der Waals surface area contributed by atoms with E-state index < -0.39 is 0 Å². The number of rotatable bonds is 3. The highest BCUT2D eigenvalue weighted by Crippen LogP contribution is 2.36. The number of carbonyl (C=O) groups is 1. The summed E-state index contributed by atoms with van der Waals surface area (Å²) >= 11 is 1.30. The maximum Gasteiger partial charge on any atom is 0.268 e. The molecule has 0 saturated heterocycles. The molecule has 0 fully saturated rings. The van der Waals surface area contributed by atoms with Crippen LogP contribution in [0.4, 0.5) is 11.4 Å². The van der Waals surface area contributed by atoms with Crippen LogP contribution in [0.2, 0.25) is 0 Å². The second-order valence-corrected chi connectivity index (χ2v) is 7.47. The molecule has 0 radical (unpaired) electrons. The van der Waals surface area contributed by atoms with Gasteiger partial charge in [-0.05, 0) is 55.3 Å². The fourth-order valence-corrected chi connectivity index (χ4v) is 4.04. The number of hydrogen-bond donors (Lipinski definition) is 2. The van der Waals surface area contributed by atoms with E-state index in [2.05, 4.69) is 31.3 Å². The number of carbonyl (C=O) groups excluding carboxylic acids is 1. The monoisotopic (exact) mass is 377 g/mol. The van der Waals surface area contributed by atoms with E-state index in [1.165, 1.54) is 22.5 Å². The second-order valence-electron chi connectivity index (χ2n) is 6.47. The molecule has 136 valence electrons. The standard InChI is InChI=1S/C21H19N3O2S/c1-11-8-13-10-14-18(22)19(27-21(14)24-16(13)9-12(11)2)20(25)23-15-6-4-5-7-17(15)26-3/h4-10H,22H2,1-3H3,(H,23,25). The summed E-state index contributed by atoms with van der Waals surface area (Å²) < 4.78 is 5.29. The smallest absolute Gasteiger partial charge is 0.268 e. The number of amides is 1. The van der Waals surface area contributed by atoms with Crippen molar-refractivity contribution < 1.29 is 9.53 Å². The maximum atomic E-state index is 12.8. The molecule has 5 nitrogen and oxygen atoms in total. The molecule has 4 rings (SSSR count). The highest BCUT2D eigenvalue weighted by atomic mass is 32.1. The molecular formula is C21H19N3O2S. The number of nitrogens with two attached hydrogens (primary N) is 1. The summed E-state index contributed by atoms with van der Waals surface area (Å²) in [6.45, 7) is 4.14. The number of ether oxygens (including phenoxy) is 1. The van der Waals surface area contributed by atoms with Crippen LogP contribution in [0.1, 0.15) is 20.8 Å². The molecule has 27 heavy (non-hydrogen) atoms. The number of aryl methyl sites for hydroxylation is 2. The van der Waals surface area contributed by atoms with Gasteiger partial charge in [-0.15, -0.1) is 11.3 Å². The molecule has 3 N–H and O–H groups in total. The summed E-state index contributed by atoms with van der Waals surface area (Å²) in [5, 5.41) is 4.70. The van der Waals surface area contributed by atoms with Gasteiger partial charge >= 0.3 is 0 Å². The van der Waals surface area contributed by atoms with E-state index in [1.54, 1.807) is 19.2 Å². The SMILES string of the molecule is COc1ccccc1NC(=O)c1sc2nc3cc(C)c(C)cc3cc2c1N. The number of benzene rings is 2. The number of nitrogens with one attached hydrogen (secondary N) is 1. The first-order valence-electron chi connectivity index (χ1n) is 8.52. The van der Waals surface area contributed by atoms with Crippen molar-refractivity contribution >= 4 is 49.7 Å². The number of pyridine rings is 1. The average Bonchev–Trinajstić information content (AvgIpc) is 2.97. The van der Waals surface area contributed by atoms with E-state index in [1.807, 2.05) is 18.2 Å². The van der Waals surface area contributed by atoms with E-state index in [0.29, 0.717) is 22.0 Å². The zero-order chi connectivity index (χ0) is 19.1. The number of methoxy groups -OCH3 is 1. The topological polar surface area (TPSA) is 77.2 Å². The van der Waals surface area contributed by atoms with Gasteiger partial charge in [-0.25, -0.2) is 4.98 Å². The number of hydrogen-bond acceptors (Lipinski definition) is 5. The lowest BCUT2D eigenvalue weighted by atomic mass is 10.1. The van der Waals surface area contributed by atoms with Crippen LogP contribution in [0, 0.1) is 13.8 Å². The number of para-hydroxylation sites is 2. The van der Waals surface area contributed by atoms with Gasteiger partial charge in [-0.1, -0.05) is 12.1 Å². The molecule has 0 aliphatic rings. The predicted molar refractivity (Wildman–Crippen MR) is 112 cm³/mol. The Morgan fingerprint density at radius 1 is 1.15 bits per heavy atom. The van der Waals surface area contributed by atoms with Crippen molar-refractivity contribution in [2.24, 2.45) is 0 Å². The Morgan fingerprint density at radius 3 is 2.67 bits per heavy atom. The fourth-order valence-electron chi connectivity index (χ4n) is 3.06. The lowest BCUT2D eigenvalue weighted by Gasteiger charge is -2.09. The first-order chi connectivity index (χ1) is 13.0. The van der Waals surface area contributed by atoms with Crippen molar-refractivity contribution in [2.75, 3.05) is 18.2 Å². The van der Waals surface area contributed by atoms with Crippen LogP contribution in [-0.4, -0.2) is 18.0 Å². The van der Waals surface area contributed by atoms with E-state index in [9.17, 15) is 4.79 Å². The third-order valence-electron chi connectivity index (χ3n) is 4.69. The molecule has 6 heteroatoms. The van der Waals surface area contributed by atoms with Crippen molar-refractivity contribution in [1.29, 1.82) is 0 Å².